The Balaban J connectivity index is 2.02. The van der Waals surface area contributed by atoms with E-state index in [-0.39, 0.29) is 30.3 Å². The molecule has 2 atom stereocenters. The minimum absolute atomic E-state index is 0.00163. The van der Waals surface area contributed by atoms with Gasteiger partial charge in [-0.2, -0.15) is 13.2 Å². The second-order valence-electron chi connectivity index (χ2n) is 5.83. The molecule has 7 heteroatoms. The summed E-state index contributed by atoms with van der Waals surface area (Å²) in [4.78, 5) is 13.5. The van der Waals surface area contributed by atoms with Gasteiger partial charge in [0.2, 0.25) is 0 Å². The molecule has 3 nitrogen and oxygen atoms in total. The van der Waals surface area contributed by atoms with Crippen molar-refractivity contribution in [1.29, 1.82) is 0 Å². The zero-order valence-corrected chi connectivity index (χ0v) is 12.0. The van der Waals surface area contributed by atoms with Gasteiger partial charge in [-0.1, -0.05) is 0 Å². The molecule has 22 heavy (non-hydrogen) atoms. The first-order valence-electron chi connectivity index (χ1n) is 7.17. The number of benzene rings is 1. The van der Waals surface area contributed by atoms with Crippen molar-refractivity contribution in [3.63, 3.8) is 0 Å². The van der Waals surface area contributed by atoms with Crippen LogP contribution in [0.3, 0.4) is 0 Å². The molecule has 1 N–H and O–H groups in total. The highest BCUT2D eigenvalue weighted by Gasteiger charge is 2.38. The van der Waals surface area contributed by atoms with Gasteiger partial charge >= 0.3 is 6.18 Å². The number of carbonyl (C=O) groups excluding carboxylic acids is 1. The van der Waals surface area contributed by atoms with Crippen LogP contribution in [0.1, 0.15) is 46.4 Å². The number of amides is 1. The lowest BCUT2D eigenvalue weighted by Crippen LogP contribution is -2.25. The van der Waals surface area contributed by atoms with Crippen LogP contribution in [0.15, 0.2) is 12.1 Å². The van der Waals surface area contributed by atoms with E-state index in [4.69, 9.17) is 0 Å². The second kappa shape index (κ2) is 5.22. The number of nitrogens with one attached hydrogen (secondary N) is 1. The number of hydrogen-bond donors (Lipinski definition) is 1. The van der Waals surface area contributed by atoms with Gasteiger partial charge in [-0.05, 0) is 36.6 Å². The Kier molecular flexibility index (Phi) is 3.63. The average molecular weight is 316 g/mol. The van der Waals surface area contributed by atoms with Gasteiger partial charge in [0.1, 0.15) is 6.17 Å². The van der Waals surface area contributed by atoms with Crippen LogP contribution < -0.4 is 5.32 Å². The van der Waals surface area contributed by atoms with E-state index in [1.807, 2.05) is 0 Å². The largest absolute Gasteiger partial charge is 0.416 e. The number of hydrogen-bond acceptors (Lipinski definition) is 2. The van der Waals surface area contributed by atoms with Crippen molar-refractivity contribution in [1.82, 2.24) is 10.2 Å². The van der Waals surface area contributed by atoms with E-state index in [1.165, 1.54) is 6.07 Å². The number of likely N-dealkylation sites (tertiary alicyclic amines) is 1. The fourth-order valence-corrected chi connectivity index (χ4v) is 3.15. The number of halogens is 4. The topological polar surface area (TPSA) is 32.3 Å². The molecular formula is C15H16F4N2O. The predicted molar refractivity (Wildman–Crippen MR) is 72.1 cm³/mol. The Morgan fingerprint density at radius 3 is 2.68 bits per heavy atom. The maximum Gasteiger partial charge on any atom is 0.416 e. The van der Waals surface area contributed by atoms with Crippen LogP contribution in [-0.4, -0.2) is 30.1 Å². The Bertz CT molecular complexity index is 614. The Morgan fingerprint density at radius 2 is 2.09 bits per heavy atom. The molecular weight excluding hydrogens is 300 g/mol. The van der Waals surface area contributed by atoms with Crippen LogP contribution in [-0.2, 0) is 12.7 Å². The van der Waals surface area contributed by atoms with E-state index >= 15 is 0 Å². The lowest BCUT2D eigenvalue weighted by Gasteiger charge is -2.25. The van der Waals surface area contributed by atoms with Gasteiger partial charge in [0, 0.05) is 31.2 Å². The first-order valence-corrected chi connectivity index (χ1v) is 7.17. The normalized spacial score (nSPS) is 23.5. The molecule has 1 fully saturated rings. The van der Waals surface area contributed by atoms with E-state index in [9.17, 15) is 22.4 Å². The van der Waals surface area contributed by atoms with Crippen molar-refractivity contribution < 1.29 is 22.4 Å². The lowest BCUT2D eigenvalue weighted by atomic mass is 9.95. The fourth-order valence-electron chi connectivity index (χ4n) is 3.15. The first kappa shape index (κ1) is 15.3. The van der Waals surface area contributed by atoms with Crippen LogP contribution in [0, 0.1) is 0 Å². The van der Waals surface area contributed by atoms with Gasteiger partial charge in [-0.25, -0.2) is 4.39 Å². The van der Waals surface area contributed by atoms with Gasteiger partial charge in [-0.15, -0.1) is 0 Å². The van der Waals surface area contributed by atoms with Crippen molar-refractivity contribution in [2.45, 2.75) is 38.3 Å². The third-order valence-corrected chi connectivity index (χ3v) is 4.44. The standard InChI is InChI=1S/C15H16F4N2O/c1-8(21-3-2-10(16)7-21)9-4-11-12(6-20-14(11)22)13(5-9)15(17,18)19/h4-5,8,10H,2-3,6-7H2,1H3,(H,20,22)/t8?,10-/m0/s1. The summed E-state index contributed by atoms with van der Waals surface area (Å²) < 4.78 is 53.0. The van der Waals surface area contributed by atoms with Crippen LogP contribution in [0.2, 0.25) is 0 Å². The van der Waals surface area contributed by atoms with Gasteiger partial charge < -0.3 is 5.32 Å². The molecule has 1 aromatic carbocycles. The molecule has 0 saturated carbocycles. The smallest absolute Gasteiger partial charge is 0.348 e. The summed E-state index contributed by atoms with van der Waals surface area (Å²) >= 11 is 0. The Labute approximate surface area is 125 Å². The van der Waals surface area contributed by atoms with Crippen molar-refractivity contribution in [3.05, 3.63) is 34.4 Å². The van der Waals surface area contributed by atoms with Crippen molar-refractivity contribution in [2.24, 2.45) is 0 Å². The highest BCUT2D eigenvalue weighted by atomic mass is 19.4. The van der Waals surface area contributed by atoms with Crippen molar-refractivity contribution in [2.75, 3.05) is 13.1 Å². The molecule has 0 bridgehead atoms. The number of rotatable bonds is 2. The van der Waals surface area contributed by atoms with E-state index in [1.54, 1.807) is 11.8 Å². The summed E-state index contributed by atoms with van der Waals surface area (Å²) in [6.07, 6.45) is -5.07. The molecule has 2 aliphatic heterocycles. The van der Waals surface area contributed by atoms with Crippen LogP contribution in [0.4, 0.5) is 17.6 Å². The molecule has 120 valence electrons. The second-order valence-corrected chi connectivity index (χ2v) is 5.83. The third-order valence-electron chi connectivity index (χ3n) is 4.44. The maximum atomic E-state index is 13.3. The minimum atomic E-state index is -4.51. The zero-order valence-electron chi connectivity index (χ0n) is 12.0. The number of carbonyl (C=O) groups is 1. The third kappa shape index (κ3) is 2.58. The lowest BCUT2D eigenvalue weighted by molar-refractivity contribution is -0.138. The monoisotopic (exact) mass is 316 g/mol. The fraction of sp³-hybridized carbons (Fsp3) is 0.533. The summed E-state index contributed by atoms with van der Waals surface area (Å²) in [7, 11) is 0. The van der Waals surface area contributed by atoms with Gasteiger partial charge in [0.25, 0.3) is 5.91 Å². The first-order chi connectivity index (χ1) is 10.3. The highest BCUT2D eigenvalue weighted by Crippen LogP contribution is 2.38. The summed E-state index contributed by atoms with van der Waals surface area (Å²) in [5, 5.41) is 2.43. The maximum absolute atomic E-state index is 13.3. The van der Waals surface area contributed by atoms with Gasteiger partial charge in [0.05, 0.1) is 5.56 Å². The van der Waals surface area contributed by atoms with Crippen LogP contribution in [0.25, 0.3) is 0 Å². The summed E-state index contributed by atoms with van der Waals surface area (Å²) in [6, 6.07) is 2.24. The summed E-state index contributed by atoms with van der Waals surface area (Å²) in [5.74, 6) is -0.487. The molecule has 2 aliphatic rings. The van der Waals surface area contributed by atoms with E-state index in [0.717, 1.165) is 6.07 Å². The van der Waals surface area contributed by atoms with E-state index < -0.39 is 23.8 Å². The quantitative estimate of drug-likeness (QED) is 0.851. The SMILES string of the molecule is CC(c1cc2c(c(C(F)(F)F)c1)CNC2=O)N1CC[C@H](F)C1. The van der Waals surface area contributed by atoms with Crippen LogP contribution >= 0.6 is 0 Å². The molecule has 3 rings (SSSR count). The number of nitrogens with zero attached hydrogens (tertiary/aromatic N) is 1. The predicted octanol–water partition coefficient (Wildman–Crippen LogP) is 3.05. The molecule has 1 aromatic rings. The highest BCUT2D eigenvalue weighted by molar-refractivity contribution is 5.99. The summed E-state index contributed by atoms with van der Waals surface area (Å²) in [5.41, 5.74) is -0.302. The van der Waals surface area contributed by atoms with E-state index in [2.05, 4.69) is 5.32 Å². The zero-order chi connectivity index (χ0) is 16.1. The van der Waals surface area contributed by atoms with Gasteiger partial charge in [0.15, 0.2) is 0 Å². The Hall–Kier alpha value is -1.63. The molecule has 1 unspecified atom stereocenters. The molecule has 0 aromatic heterocycles. The van der Waals surface area contributed by atoms with Crippen LogP contribution in [0.5, 0.6) is 0 Å². The van der Waals surface area contributed by atoms with Crippen molar-refractivity contribution >= 4 is 5.91 Å². The van der Waals surface area contributed by atoms with Crippen molar-refractivity contribution in [3.8, 4) is 0 Å². The molecule has 0 radical (unpaired) electrons. The average Bonchev–Trinajstić information content (AvgIpc) is 3.03. The van der Waals surface area contributed by atoms with Gasteiger partial charge in [-0.3, -0.25) is 9.69 Å². The molecule has 0 aliphatic carbocycles. The molecule has 0 spiro atoms. The molecule has 1 amide bonds. The van der Waals surface area contributed by atoms with E-state index in [0.29, 0.717) is 18.5 Å². The summed E-state index contributed by atoms with van der Waals surface area (Å²) in [6.45, 7) is 2.36. The molecule has 1 saturated heterocycles. The number of fused-ring (bicyclic) bond motifs is 1. The Morgan fingerprint density at radius 1 is 1.36 bits per heavy atom. The minimum Gasteiger partial charge on any atom is -0.348 e. The number of alkyl halides is 4. The molecule has 2 heterocycles.